The number of anilines is 3. The molecule has 3 heterocycles. The number of aliphatic imine (C=N–C) groups is 3. The smallest absolute Gasteiger partial charge is 0.124 e. The van der Waals surface area contributed by atoms with E-state index in [1.165, 1.54) is 0 Å². The van der Waals surface area contributed by atoms with Crippen LogP contribution in [0.2, 0.25) is 0 Å². The van der Waals surface area contributed by atoms with Crippen LogP contribution in [0.15, 0.2) is 249 Å². The molecule has 6 aliphatic rings. The Hall–Kier alpha value is -9.17. The quantitative estimate of drug-likeness (QED) is 0.105. The van der Waals surface area contributed by atoms with Crippen LogP contribution in [0.1, 0.15) is 16.7 Å². The third-order valence-corrected chi connectivity index (χ3v) is 14.6. The highest BCUT2D eigenvalue weighted by Gasteiger charge is 2.21. The maximum atomic E-state index is 6.75. The van der Waals surface area contributed by atoms with Crippen molar-refractivity contribution >= 4 is 52.8 Å². The first-order valence-corrected chi connectivity index (χ1v) is 27.7. The van der Waals surface area contributed by atoms with E-state index in [1.807, 2.05) is 73.3 Å². The molecule has 2 bridgehead atoms. The second-order valence-electron chi connectivity index (χ2n) is 20.0. The lowest BCUT2D eigenvalue weighted by molar-refractivity contribution is 0.152. The van der Waals surface area contributed by atoms with E-state index in [1.54, 1.807) is 0 Å². The number of benzene rings is 6. The molecule has 0 radical (unpaired) electrons. The summed E-state index contributed by atoms with van der Waals surface area (Å²) in [5, 5.41) is 0. The highest BCUT2D eigenvalue weighted by molar-refractivity contribution is 5.86. The molecule has 3 aliphatic heterocycles. The molecule has 6 aromatic rings. The average Bonchev–Trinajstić information content (AvgIpc) is 4.35. The van der Waals surface area contributed by atoms with Gasteiger partial charge in [-0.05, 0) is 127 Å². The Morgan fingerprint density at radius 3 is 0.938 bits per heavy atom. The second-order valence-corrected chi connectivity index (χ2v) is 20.0. The minimum Gasteiger partial charge on any atom is -0.492 e. The van der Waals surface area contributed by atoms with Gasteiger partial charge >= 0.3 is 0 Å². The lowest BCUT2D eigenvalue weighted by Gasteiger charge is -2.34. The van der Waals surface area contributed by atoms with Crippen molar-refractivity contribution in [3.05, 3.63) is 251 Å². The molecular formula is C69H66N8O3. The Labute approximate surface area is 470 Å². The van der Waals surface area contributed by atoms with Crippen molar-refractivity contribution in [2.45, 2.75) is 19.6 Å². The van der Waals surface area contributed by atoms with E-state index in [9.17, 15) is 0 Å². The number of hydrogen-bond donors (Lipinski definition) is 0. The molecule has 0 aromatic heterocycles. The monoisotopic (exact) mass is 1050 g/mol. The number of para-hydroxylation sites is 3. The van der Waals surface area contributed by atoms with Crippen molar-refractivity contribution in [2.75, 3.05) is 93.4 Å². The summed E-state index contributed by atoms with van der Waals surface area (Å²) < 4.78 is 20.3. The van der Waals surface area contributed by atoms with E-state index in [2.05, 4.69) is 187 Å². The molecule has 11 heteroatoms. The summed E-state index contributed by atoms with van der Waals surface area (Å²) in [5.74, 6) is 2.65. The van der Waals surface area contributed by atoms with Gasteiger partial charge in [-0.15, -0.1) is 17.2 Å². The van der Waals surface area contributed by atoms with Crippen LogP contribution in [0.4, 0.5) is 34.1 Å². The Bertz CT molecular complexity index is 3130. The van der Waals surface area contributed by atoms with Gasteiger partial charge in [0.05, 0.1) is 17.1 Å². The minimum atomic E-state index is 0.502. The zero-order chi connectivity index (χ0) is 54.0. The molecule has 0 amide bonds. The minimum absolute atomic E-state index is 0.502. The molecule has 0 atom stereocenters. The van der Waals surface area contributed by atoms with Gasteiger partial charge in [0.15, 0.2) is 0 Å². The van der Waals surface area contributed by atoms with E-state index in [4.69, 9.17) is 29.2 Å². The van der Waals surface area contributed by atoms with Crippen LogP contribution in [-0.2, 0) is 19.6 Å². The maximum Gasteiger partial charge on any atom is 0.124 e. The van der Waals surface area contributed by atoms with Crippen molar-refractivity contribution < 1.29 is 14.2 Å². The molecule has 0 saturated carbocycles. The van der Waals surface area contributed by atoms with Gasteiger partial charge in [-0.3, -0.25) is 24.8 Å². The first-order chi connectivity index (χ1) is 39.6. The summed E-state index contributed by atoms with van der Waals surface area (Å²) in [6, 6.07) is 51.3. The first-order valence-electron chi connectivity index (χ1n) is 27.7. The van der Waals surface area contributed by atoms with Gasteiger partial charge in [0.25, 0.3) is 0 Å². The number of rotatable bonds is 9. The number of hydrogen-bond acceptors (Lipinski definition) is 11. The normalized spacial score (nSPS) is 18.9. The van der Waals surface area contributed by atoms with E-state index in [0.717, 1.165) is 124 Å². The Balaban J connectivity index is 0.971. The molecule has 3 aliphatic carbocycles. The number of nitrogens with zero attached hydrogens (tertiary/aromatic N) is 8. The Morgan fingerprint density at radius 2 is 0.637 bits per heavy atom. The predicted molar refractivity (Wildman–Crippen MR) is 328 cm³/mol. The summed E-state index contributed by atoms with van der Waals surface area (Å²) >= 11 is 0. The molecule has 0 saturated heterocycles. The van der Waals surface area contributed by atoms with Crippen molar-refractivity contribution in [3.63, 3.8) is 0 Å². The summed E-state index contributed by atoms with van der Waals surface area (Å²) in [7, 11) is 0. The van der Waals surface area contributed by atoms with Crippen LogP contribution >= 0.6 is 0 Å². The summed E-state index contributed by atoms with van der Waals surface area (Å²) in [4.78, 5) is 26.9. The average molecular weight is 1060 g/mol. The van der Waals surface area contributed by atoms with Gasteiger partial charge in [0.2, 0.25) is 0 Å². The van der Waals surface area contributed by atoms with E-state index >= 15 is 0 Å². The highest BCUT2D eigenvalue weighted by atomic mass is 16.5. The van der Waals surface area contributed by atoms with Crippen molar-refractivity contribution in [2.24, 2.45) is 15.0 Å². The van der Waals surface area contributed by atoms with Crippen molar-refractivity contribution in [3.8, 4) is 17.2 Å². The Morgan fingerprint density at radius 1 is 0.338 bits per heavy atom. The molecule has 11 nitrogen and oxygen atoms in total. The zero-order valence-electron chi connectivity index (χ0n) is 45.2. The molecule has 12 rings (SSSR count). The summed E-state index contributed by atoms with van der Waals surface area (Å²) in [5.41, 5.74) is 22.0. The SMILES string of the molecule is C1=CC=CC=1C=Nc1ccc(N2CCN3CCN(c4ccc(N=CC5=C=CC=C5)cc4)Cc4ccccc4OCCN(CCOc4ccccc4C2)CCOc2ccccc2CN(c2ccc(N=CC4=C=CC=C4)cc2)CC3)cc1. The van der Waals surface area contributed by atoms with Gasteiger partial charge in [-0.25, -0.2) is 0 Å². The standard InChI is InChI=1S/C69H66N8O3/c1-2-14-55(13-1)49-70-61-25-31-64(32-26-61)75-40-37-73-38-41-76(65-33-27-62(28-34-65)71-50-56-15-3-4-16-56)53-59-20-8-11-23-68(59)79-47-44-74(43-46-78-67-22-10-7-19-58(67)52-75)45-48-80-69-24-12-9-21-60(69)54-77(42-39-73)66-35-29-63(30-36-66)72-51-57-17-5-6-18-57/h1-13,15,17,19-36,49-51H,37-48,52-54H2. The molecule has 0 N–H and O–H groups in total. The van der Waals surface area contributed by atoms with Gasteiger partial charge in [-0.1, -0.05) is 72.8 Å². The fraction of sp³-hybridized carbons (Fsp3) is 0.217. The fourth-order valence-electron chi connectivity index (χ4n) is 10.1. The number of allylic oxidation sites excluding steroid dienone is 9. The van der Waals surface area contributed by atoms with Crippen LogP contribution in [-0.4, -0.2) is 107 Å². The van der Waals surface area contributed by atoms with Crippen LogP contribution < -0.4 is 28.9 Å². The van der Waals surface area contributed by atoms with Crippen LogP contribution in [0.5, 0.6) is 17.2 Å². The molecule has 0 fully saturated rings. The van der Waals surface area contributed by atoms with Gasteiger partial charge < -0.3 is 28.9 Å². The third-order valence-electron chi connectivity index (χ3n) is 14.6. The second kappa shape index (κ2) is 26.9. The van der Waals surface area contributed by atoms with Crippen molar-refractivity contribution in [1.29, 1.82) is 0 Å². The van der Waals surface area contributed by atoms with Crippen molar-refractivity contribution in [1.82, 2.24) is 9.80 Å². The van der Waals surface area contributed by atoms with Gasteiger partial charge in [0, 0.05) is 148 Å². The first kappa shape index (κ1) is 52.9. The van der Waals surface area contributed by atoms with Crippen LogP contribution in [0.3, 0.4) is 0 Å². The maximum absolute atomic E-state index is 6.75. The molecule has 80 heavy (non-hydrogen) atoms. The largest absolute Gasteiger partial charge is 0.492 e. The topological polar surface area (TPSA) is 81.0 Å². The molecular weight excluding hydrogens is 989 g/mol. The van der Waals surface area contributed by atoms with Crippen LogP contribution in [0, 0.1) is 0 Å². The summed E-state index contributed by atoms with van der Waals surface area (Å²) in [6.07, 6.45) is 23.3. The number of ether oxygens (including phenoxy) is 3. The van der Waals surface area contributed by atoms with Crippen LogP contribution in [0.25, 0.3) is 0 Å². The zero-order valence-corrected chi connectivity index (χ0v) is 45.2. The van der Waals surface area contributed by atoms with Gasteiger partial charge in [0.1, 0.15) is 37.1 Å². The fourth-order valence-corrected chi connectivity index (χ4v) is 10.1. The number of fused-ring (bicyclic) bond motifs is 15. The molecule has 0 unspecified atom stereocenters. The van der Waals surface area contributed by atoms with E-state index < -0.39 is 0 Å². The molecule has 6 aromatic carbocycles. The van der Waals surface area contributed by atoms with Gasteiger partial charge in [-0.2, -0.15) is 0 Å². The lowest BCUT2D eigenvalue weighted by atomic mass is 10.1. The van der Waals surface area contributed by atoms with E-state index in [0.29, 0.717) is 59.1 Å². The Kier molecular flexibility index (Phi) is 17.8. The summed E-state index contributed by atoms with van der Waals surface area (Å²) in [6.45, 7) is 10.1. The lowest BCUT2D eigenvalue weighted by Crippen LogP contribution is -2.43. The molecule has 0 spiro atoms. The van der Waals surface area contributed by atoms with E-state index in [-0.39, 0.29) is 0 Å². The third kappa shape index (κ3) is 14.7. The predicted octanol–water partition coefficient (Wildman–Crippen LogP) is 12.9. The molecule has 400 valence electrons. The highest BCUT2D eigenvalue weighted by Crippen LogP contribution is 2.30.